The van der Waals surface area contributed by atoms with Crippen LogP contribution in [0.15, 0.2) is 52.2 Å². The van der Waals surface area contributed by atoms with Gasteiger partial charge in [-0.2, -0.15) is 0 Å². The number of likely N-dealkylation sites (N-methyl/N-ethyl adjacent to an activating group) is 1. The molecule has 0 saturated heterocycles. The molecular formula is C15H18N4O3. The van der Waals surface area contributed by atoms with Gasteiger partial charge in [-0.15, -0.1) is 0 Å². The number of rotatable bonds is 6. The second-order valence-electron chi connectivity index (χ2n) is 4.85. The first-order valence-electron chi connectivity index (χ1n) is 6.89. The maximum atomic E-state index is 11.8. The third-order valence-electron chi connectivity index (χ3n) is 3.18. The first-order valence-corrected chi connectivity index (χ1v) is 6.89. The van der Waals surface area contributed by atoms with Crippen LogP contribution in [0.2, 0.25) is 0 Å². The zero-order valence-corrected chi connectivity index (χ0v) is 12.3. The Morgan fingerprint density at radius 3 is 2.64 bits per heavy atom. The standard InChI is InChI=1S/C15H18N4O3/c1-18(12-5-3-2-4-6-12)10-8-16-14(21)11-19-9-7-13(20)17-15(19)22/h2-7,9H,8,10-11H2,1H3,(H,16,21)(H,17,20,22). The Bertz CT molecular complexity index is 736. The van der Waals surface area contributed by atoms with Crippen LogP contribution >= 0.6 is 0 Å². The van der Waals surface area contributed by atoms with Crippen LogP contribution in [-0.2, 0) is 11.3 Å². The summed E-state index contributed by atoms with van der Waals surface area (Å²) < 4.78 is 1.15. The van der Waals surface area contributed by atoms with Crippen molar-refractivity contribution in [2.45, 2.75) is 6.54 Å². The van der Waals surface area contributed by atoms with Crippen LogP contribution in [0.4, 0.5) is 5.69 Å². The molecule has 1 amide bonds. The van der Waals surface area contributed by atoms with Crippen molar-refractivity contribution >= 4 is 11.6 Å². The molecule has 0 fully saturated rings. The van der Waals surface area contributed by atoms with Gasteiger partial charge in [0.1, 0.15) is 6.54 Å². The van der Waals surface area contributed by atoms with Gasteiger partial charge in [-0.3, -0.25) is 19.1 Å². The van der Waals surface area contributed by atoms with Crippen molar-refractivity contribution in [2.75, 3.05) is 25.0 Å². The number of carbonyl (C=O) groups is 1. The number of hydrogen-bond donors (Lipinski definition) is 2. The topological polar surface area (TPSA) is 87.2 Å². The lowest BCUT2D eigenvalue weighted by Crippen LogP contribution is -2.38. The summed E-state index contributed by atoms with van der Waals surface area (Å²) in [5, 5.41) is 2.74. The molecule has 0 unspecified atom stereocenters. The molecule has 0 saturated carbocycles. The zero-order chi connectivity index (χ0) is 15.9. The first-order chi connectivity index (χ1) is 10.6. The molecule has 0 bridgehead atoms. The van der Waals surface area contributed by atoms with Crippen LogP contribution in [0.1, 0.15) is 0 Å². The Hall–Kier alpha value is -2.83. The van der Waals surface area contributed by atoms with Gasteiger partial charge in [0.2, 0.25) is 5.91 Å². The van der Waals surface area contributed by atoms with E-state index in [2.05, 4.69) is 10.3 Å². The molecular weight excluding hydrogens is 284 g/mol. The number of carbonyl (C=O) groups excluding carboxylic acids is 1. The number of amides is 1. The molecule has 0 aliphatic carbocycles. The van der Waals surface area contributed by atoms with Gasteiger partial charge in [-0.05, 0) is 12.1 Å². The Balaban J connectivity index is 1.81. The number of nitrogens with one attached hydrogen (secondary N) is 2. The van der Waals surface area contributed by atoms with Crippen molar-refractivity contribution in [1.29, 1.82) is 0 Å². The predicted octanol–water partition coefficient (Wildman–Crippen LogP) is -0.211. The lowest BCUT2D eigenvalue weighted by atomic mass is 10.3. The van der Waals surface area contributed by atoms with Crippen molar-refractivity contribution in [3.63, 3.8) is 0 Å². The molecule has 2 rings (SSSR count). The molecule has 7 nitrogen and oxygen atoms in total. The number of benzene rings is 1. The second kappa shape index (κ2) is 7.26. The number of para-hydroxylation sites is 1. The number of aromatic nitrogens is 2. The molecule has 116 valence electrons. The van der Waals surface area contributed by atoms with Crippen LogP contribution in [-0.4, -0.2) is 35.6 Å². The van der Waals surface area contributed by atoms with Crippen LogP contribution in [0, 0.1) is 0 Å². The molecule has 0 aliphatic rings. The number of H-pyrrole nitrogens is 1. The summed E-state index contributed by atoms with van der Waals surface area (Å²) in [4.78, 5) is 38.3. The molecule has 2 N–H and O–H groups in total. The van der Waals surface area contributed by atoms with Gasteiger partial charge in [-0.1, -0.05) is 18.2 Å². The Kier molecular flexibility index (Phi) is 5.13. The molecule has 0 atom stereocenters. The average molecular weight is 302 g/mol. The van der Waals surface area contributed by atoms with Crippen molar-refractivity contribution in [3.05, 3.63) is 63.4 Å². The van der Waals surface area contributed by atoms with Gasteiger partial charge >= 0.3 is 5.69 Å². The minimum Gasteiger partial charge on any atom is -0.373 e. The largest absolute Gasteiger partial charge is 0.373 e. The van der Waals surface area contributed by atoms with Gasteiger partial charge in [0, 0.05) is 38.1 Å². The predicted molar refractivity (Wildman–Crippen MR) is 84.0 cm³/mol. The summed E-state index contributed by atoms with van der Waals surface area (Å²) in [5.41, 5.74) is -0.0104. The molecule has 1 heterocycles. The van der Waals surface area contributed by atoms with Gasteiger partial charge < -0.3 is 10.2 Å². The monoisotopic (exact) mass is 302 g/mol. The normalized spacial score (nSPS) is 10.2. The summed E-state index contributed by atoms with van der Waals surface area (Å²) in [7, 11) is 1.94. The molecule has 22 heavy (non-hydrogen) atoms. The number of hydrogen-bond acceptors (Lipinski definition) is 4. The fourth-order valence-electron chi connectivity index (χ4n) is 1.95. The van der Waals surface area contributed by atoms with E-state index in [4.69, 9.17) is 0 Å². The molecule has 0 aliphatic heterocycles. The molecule has 0 spiro atoms. The summed E-state index contributed by atoms with van der Waals surface area (Å²) in [6.07, 6.45) is 1.30. The maximum Gasteiger partial charge on any atom is 0.328 e. The average Bonchev–Trinajstić information content (AvgIpc) is 2.51. The molecule has 1 aromatic carbocycles. The van der Waals surface area contributed by atoms with E-state index in [0.717, 1.165) is 10.3 Å². The van der Waals surface area contributed by atoms with Crippen molar-refractivity contribution in [2.24, 2.45) is 0 Å². The zero-order valence-electron chi connectivity index (χ0n) is 12.3. The van der Waals surface area contributed by atoms with E-state index in [-0.39, 0.29) is 12.5 Å². The van der Waals surface area contributed by atoms with Crippen molar-refractivity contribution in [3.8, 4) is 0 Å². The third kappa shape index (κ3) is 4.34. The van der Waals surface area contributed by atoms with E-state index in [0.29, 0.717) is 13.1 Å². The molecule has 1 aromatic heterocycles. The van der Waals surface area contributed by atoms with Gasteiger partial charge in [-0.25, -0.2) is 4.79 Å². The summed E-state index contributed by atoms with van der Waals surface area (Å²) >= 11 is 0. The van der Waals surface area contributed by atoms with Gasteiger partial charge in [0.05, 0.1) is 0 Å². The maximum absolute atomic E-state index is 11.8. The van der Waals surface area contributed by atoms with Crippen LogP contribution in [0.5, 0.6) is 0 Å². The highest BCUT2D eigenvalue weighted by molar-refractivity contribution is 5.75. The minimum atomic E-state index is -0.593. The Morgan fingerprint density at radius 2 is 1.95 bits per heavy atom. The molecule has 7 heteroatoms. The summed E-state index contributed by atoms with van der Waals surface area (Å²) in [6, 6.07) is 11.0. The smallest absolute Gasteiger partial charge is 0.328 e. The van der Waals surface area contributed by atoms with E-state index in [1.54, 1.807) is 0 Å². The highest BCUT2D eigenvalue weighted by Gasteiger charge is 2.05. The Labute approximate surface area is 127 Å². The fourth-order valence-corrected chi connectivity index (χ4v) is 1.95. The van der Waals surface area contributed by atoms with Crippen LogP contribution in [0.25, 0.3) is 0 Å². The summed E-state index contributed by atoms with van der Waals surface area (Å²) in [6.45, 7) is 0.989. The van der Waals surface area contributed by atoms with Crippen molar-refractivity contribution in [1.82, 2.24) is 14.9 Å². The molecule has 0 radical (unpaired) electrons. The van der Waals surface area contributed by atoms with E-state index in [1.807, 2.05) is 42.3 Å². The highest BCUT2D eigenvalue weighted by Crippen LogP contribution is 2.09. The third-order valence-corrected chi connectivity index (χ3v) is 3.18. The highest BCUT2D eigenvalue weighted by atomic mass is 16.2. The van der Waals surface area contributed by atoms with E-state index in [9.17, 15) is 14.4 Å². The van der Waals surface area contributed by atoms with Crippen molar-refractivity contribution < 1.29 is 4.79 Å². The van der Waals surface area contributed by atoms with Gasteiger partial charge in [0.25, 0.3) is 5.56 Å². The number of aromatic amines is 1. The van der Waals surface area contributed by atoms with Crippen LogP contribution < -0.4 is 21.5 Å². The SMILES string of the molecule is CN(CCNC(=O)Cn1ccc(=O)[nH]c1=O)c1ccccc1. The molecule has 2 aromatic rings. The lowest BCUT2D eigenvalue weighted by molar-refractivity contribution is -0.121. The summed E-state index contributed by atoms with van der Waals surface area (Å²) in [5.74, 6) is -0.282. The number of nitrogens with zero attached hydrogens (tertiary/aromatic N) is 2. The van der Waals surface area contributed by atoms with E-state index < -0.39 is 11.2 Å². The van der Waals surface area contributed by atoms with E-state index in [1.165, 1.54) is 12.3 Å². The second-order valence-corrected chi connectivity index (χ2v) is 4.85. The Morgan fingerprint density at radius 1 is 1.23 bits per heavy atom. The fraction of sp³-hybridized carbons (Fsp3) is 0.267. The number of anilines is 1. The van der Waals surface area contributed by atoms with E-state index >= 15 is 0 Å². The van der Waals surface area contributed by atoms with Gasteiger partial charge in [0.15, 0.2) is 0 Å². The van der Waals surface area contributed by atoms with Crippen LogP contribution in [0.3, 0.4) is 0 Å². The first kappa shape index (κ1) is 15.6. The minimum absolute atomic E-state index is 0.120. The lowest BCUT2D eigenvalue weighted by Gasteiger charge is -2.19. The quantitative estimate of drug-likeness (QED) is 0.773.